The van der Waals surface area contributed by atoms with Crippen molar-refractivity contribution in [2.45, 2.75) is 83.5 Å². The maximum atomic E-state index is 2.78. The molecule has 2 unspecified atom stereocenters. The molecule has 4 aliphatic rings. The van der Waals surface area contributed by atoms with Crippen LogP contribution in [0.5, 0.6) is 0 Å². The van der Waals surface area contributed by atoms with Gasteiger partial charge < -0.3 is 9.80 Å². The molecule has 0 bridgehead atoms. The van der Waals surface area contributed by atoms with Crippen molar-refractivity contribution in [2.75, 3.05) is 4.90 Å². The number of hydrogen-bond acceptors (Lipinski definition) is 2. The average Bonchev–Trinajstić information content (AvgIpc) is 3.61. The van der Waals surface area contributed by atoms with Crippen LogP contribution in [-0.4, -0.2) is 17.0 Å². The van der Waals surface area contributed by atoms with E-state index in [9.17, 15) is 0 Å². The Balaban J connectivity index is 1.50. The van der Waals surface area contributed by atoms with Crippen LogP contribution < -0.4 is 4.90 Å². The lowest BCUT2D eigenvalue weighted by atomic mass is 9.60. The predicted molar refractivity (Wildman–Crippen MR) is 133 cm³/mol. The summed E-state index contributed by atoms with van der Waals surface area (Å²) in [6.45, 7) is 4.81. The number of para-hydroxylation sites is 1. The fourth-order valence-electron chi connectivity index (χ4n) is 8.19. The highest BCUT2D eigenvalue weighted by Crippen LogP contribution is 2.62. The van der Waals surface area contributed by atoms with Crippen molar-refractivity contribution in [3.63, 3.8) is 0 Å². The second kappa shape index (κ2) is 7.97. The Morgan fingerprint density at radius 2 is 1.38 bits per heavy atom. The molecular weight excluding hydrogens is 388 g/mol. The molecule has 0 radical (unpaired) electrons. The van der Waals surface area contributed by atoms with Crippen molar-refractivity contribution in [3.8, 4) is 0 Å². The molecule has 1 saturated heterocycles. The average molecular weight is 427 g/mol. The Kier molecular flexibility index (Phi) is 5.08. The highest BCUT2D eigenvalue weighted by molar-refractivity contribution is 5.58. The van der Waals surface area contributed by atoms with Gasteiger partial charge in [0.2, 0.25) is 0 Å². The minimum absolute atomic E-state index is 0.276. The zero-order chi connectivity index (χ0) is 21.7. The van der Waals surface area contributed by atoms with E-state index in [1.807, 2.05) is 0 Å². The standard InChI is InChI=1S/C30H38N2/c1-22-12-6-11-19-27(22)32-23(2)28-30(25-15-7-8-16-25,26-17-9-10-18-26)20-21-31(28)29(32)24-13-4-3-5-14-24/h3-6,11-14,19-21,23,25-26,28-29H,7-10,15-18H2,1-2H3/t23-,28?,29?/m0/s1. The largest absolute Gasteiger partial charge is 0.348 e. The smallest absolute Gasteiger partial charge is 0.128 e. The summed E-state index contributed by atoms with van der Waals surface area (Å²) < 4.78 is 0. The van der Waals surface area contributed by atoms with E-state index in [1.54, 1.807) is 0 Å². The van der Waals surface area contributed by atoms with E-state index < -0.39 is 0 Å². The summed E-state index contributed by atoms with van der Waals surface area (Å²) in [6.07, 6.45) is 17.0. The van der Waals surface area contributed by atoms with Crippen LogP contribution in [0.2, 0.25) is 0 Å². The van der Waals surface area contributed by atoms with Gasteiger partial charge in [-0.15, -0.1) is 0 Å². The third-order valence-electron chi connectivity index (χ3n) is 9.43. The quantitative estimate of drug-likeness (QED) is 0.500. The molecule has 32 heavy (non-hydrogen) atoms. The Morgan fingerprint density at radius 3 is 2.00 bits per heavy atom. The van der Waals surface area contributed by atoms with Gasteiger partial charge in [-0.25, -0.2) is 0 Å². The highest BCUT2D eigenvalue weighted by atomic mass is 15.5. The van der Waals surface area contributed by atoms with Gasteiger partial charge in [0, 0.05) is 17.1 Å². The van der Waals surface area contributed by atoms with E-state index in [2.05, 4.69) is 90.5 Å². The first-order chi connectivity index (χ1) is 15.7. The molecule has 3 atom stereocenters. The molecular formula is C30H38N2. The van der Waals surface area contributed by atoms with Gasteiger partial charge >= 0.3 is 0 Å². The molecule has 0 spiro atoms. The van der Waals surface area contributed by atoms with Gasteiger partial charge in [0.05, 0.1) is 6.04 Å². The van der Waals surface area contributed by atoms with E-state index in [-0.39, 0.29) is 6.17 Å². The van der Waals surface area contributed by atoms with Gasteiger partial charge in [0.1, 0.15) is 6.17 Å². The normalized spacial score (nSPS) is 29.9. The lowest BCUT2D eigenvalue weighted by Gasteiger charge is -2.47. The summed E-state index contributed by atoms with van der Waals surface area (Å²) in [5.41, 5.74) is 4.56. The lowest BCUT2D eigenvalue weighted by molar-refractivity contribution is 0.0546. The molecule has 168 valence electrons. The number of anilines is 1. The number of aryl methyl sites for hydroxylation is 1. The van der Waals surface area contributed by atoms with Gasteiger partial charge in [-0.05, 0) is 74.8 Å². The van der Waals surface area contributed by atoms with E-state index in [4.69, 9.17) is 0 Å². The molecule has 2 aliphatic heterocycles. The molecule has 0 N–H and O–H groups in total. The van der Waals surface area contributed by atoms with Crippen LogP contribution in [0.25, 0.3) is 0 Å². The van der Waals surface area contributed by atoms with Gasteiger partial charge in [0.25, 0.3) is 0 Å². The second-order valence-corrected chi connectivity index (χ2v) is 10.9. The van der Waals surface area contributed by atoms with Gasteiger partial charge in [-0.3, -0.25) is 0 Å². The number of hydrogen-bond donors (Lipinski definition) is 0. The summed E-state index contributed by atoms with van der Waals surface area (Å²) >= 11 is 0. The van der Waals surface area contributed by atoms with Crippen molar-refractivity contribution in [1.29, 1.82) is 0 Å². The Labute approximate surface area is 194 Å². The van der Waals surface area contributed by atoms with Crippen molar-refractivity contribution in [1.82, 2.24) is 4.90 Å². The first-order valence-electron chi connectivity index (χ1n) is 13.1. The summed E-state index contributed by atoms with van der Waals surface area (Å²) in [7, 11) is 0. The molecule has 0 amide bonds. The van der Waals surface area contributed by atoms with E-state index in [0.717, 1.165) is 11.8 Å². The topological polar surface area (TPSA) is 6.48 Å². The maximum Gasteiger partial charge on any atom is 0.128 e. The first-order valence-corrected chi connectivity index (χ1v) is 13.1. The third-order valence-corrected chi connectivity index (χ3v) is 9.43. The van der Waals surface area contributed by atoms with Gasteiger partial charge in [0.15, 0.2) is 0 Å². The van der Waals surface area contributed by atoms with Gasteiger partial charge in [-0.2, -0.15) is 0 Å². The van der Waals surface area contributed by atoms with Crippen LogP contribution in [0.4, 0.5) is 5.69 Å². The van der Waals surface area contributed by atoms with Crippen LogP contribution in [0.15, 0.2) is 66.9 Å². The first kappa shape index (κ1) is 20.4. The zero-order valence-corrected chi connectivity index (χ0v) is 19.8. The van der Waals surface area contributed by atoms with Crippen LogP contribution in [-0.2, 0) is 0 Å². The molecule has 3 fully saturated rings. The minimum atomic E-state index is 0.276. The predicted octanol–water partition coefficient (Wildman–Crippen LogP) is 7.47. The number of rotatable bonds is 4. The molecule has 2 nitrogen and oxygen atoms in total. The fourth-order valence-corrected chi connectivity index (χ4v) is 8.19. The summed E-state index contributed by atoms with van der Waals surface area (Å²) in [5.74, 6) is 1.71. The van der Waals surface area contributed by atoms with Gasteiger partial charge in [-0.1, -0.05) is 80.3 Å². The molecule has 2 heteroatoms. The summed E-state index contributed by atoms with van der Waals surface area (Å²) in [6, 6.07) is 21.3. The Hall–Kier alpha value is -2.22. The number of fused-ring (bicyclic) bond motifs is 1. The van der Waals surface area contributed by atoms with Crippen LogP contribution in [0.3, 0.4) is 0 Å². The molecule has 6 rings (SSSR count). The molecule has 0 aromatic heterocycles. The maximum absolute atomic E-state index is 2.78. The van der Waals surface area contributed by atoms with Crippen molar-refractivity contribution in [3.05, 3.63) is 78.0 Å². The van der Waals surface area contributed by atoms with Crippen molar-refractivity contribution < 1.29 is 0 Å². The number of benzene rings is 2. The summed E-state index contributed by atoms with van der Waals surface area (Å²) in [5, 5.41) is 0. The van der Waals surface area contributed by atoms with E-state index >= 15 is 0 Å². The van der Waals surface area contributed by atoms with Crippen LogP contribution in [0, 0.1) is 24.2 Å². The molecule has 2 saturated carbocycles. The summed E-state index contributed by atoms with van der Waals surface area (Å²) in [4.78, 5) is 5.54. The van der Waals surface area contributed by atoms with Crippen LogP contribution in [0.1, 0.15) is 75.6 Å². The molecule has 2 aromatic rings. The minimum Gasteiger partial charge on any atom is -0.348 e. The monoisotopic (exact) mass is 426 g/mol. The Bertz CT molecular complexity index is 951. The molecule has 2 aliphatic carbocycles. The zero-order valence-electron chi connectivity index (χ0n) is 19.8. The van der Waals surface area contributed by atoms with Crippen molar-refractivity contribution >= 4 is 5.69 Å². The van der Waals surface area contributed by atoms with E-state index in [1.165, 1.54) is 68.2 Å². The van der Waals surface area contributed by atoms with Crippen LogP contribution >= 0.6 is 0 Å². The SMILES string of the molecule is Cc1ccccc1N1C(c2ccccc2)N2C=CC(C3CCCC3)(C3CCCC3)C2[C@@H]1C. The lowest BCUT2D eigenvalue weighted by Crippen LogP contribution is -2.51. The third kappa shape index (κ3) is 2.91. The molecule has 2 heterocycles. The second-order valence-electron chi connectivity index (χ2n) is 10.9. The fraction of sp³-hybridized carbons (Fsp3) is 0.533. The van der Waals surface area contributed by atoms with Crippen molar-refractivity contribution in [2.24, 2.45) is 17.3 Å². The Morgan fingerprint density at radius 1 is 0.781 bits per heavy atom. The molecule has 2 aromatic carbocycles. The highest BCUT2D eigenvalue weighted by Gasteiger charge is 2.61. The number of nitrogens with zero attached hydrogens (tertiary/aromatic N) is 2. The van der Waals surface area contributed by atoms with E-state index in [0.29, 0.717) is 17.5 Å².